The van der Waals surface area contributed by atoms with Crippen LogP contribution in [0.5, 0.6) is 5.75 Å². The van der Waals surface area contributed by atoms with Gasteiger partial charge in [-0.1, -0.05) is 12.1 Å². The number of hydrogen-bond acceptors (Lipinski definition) is 4. The summed E-state index contributed by atoms with van der Waals surface area (Å²) in [6, 6.07) is 4.86. The smallest absolute Gasteiger partial charge is 0.387 e. The predicted octanol–water partition coefficient (Wildman–Crippen LogP) is 0.187. The Bertz CT molecular complexity index is 539. The summed E-state index contributed by atoms with van der Waals surface area (Å²) < 4.78 is 29.1. The summed E-state index contributed by atoms with van der Waals surface area (Å²) in [6.07, 6.45) is 0. The van der Waals surface area contributed by atoms with E-state index in [1.54, 1.807) is 0 Å². The molecule has 1 fully saturated rings. The van der Waals surface area contributed by atoms with E-state index >= 15 is 0 Å². The average molecular weight is 299 g/mol. The van der Waals surface area contributed by atoms with Crippen LogP contribution in [0.25, 0.3) is 0 Å². The van der Waals surface area contributed by atoms with E-state index in [0.29, 0.717) is 6.54 Å². The molecule has 8 heteroatoms. The summed E-state index contributed by atoms with van der Waals surface area (Å²) in [7, 11) is 0. The molecular formula is C13H15F2N3O3. The Labute approximate surface area is 119 Å². The van der Waals surface area contributed by atoms with Gasteiger partial charge in [0.25, 0.3) is 5.91 Å². The van der Waals surface area contributed by atoms with Crippen molar-refractivity contribution >= 4 is 11.8 Å². The highest BCUT2D eigenvalue weighted by Gasteiger charge is 2.32. The lowest BCUT2D eigenvalue weighted by atomic mass is 10.1. The lowest BCUT2D eigenvalue weighted by Crippen LogP contribution is -2.58. The summed E-state index contributed by atoms with van der Waals surface area (Å²) in [6.45, 7) is -2.05. The zero-order valence-corrected chi connectivity index (χ0v) is 11.1. The minimum atomic E-state index is -3.03. The second kappa shape index (κ2) is 6.49. The SMILES string of the molecule is NC(=O)C1CNCCN1C(=O)c1ccccc1OC(F)F. The molecule has 1 heterocycles. The molecule has 0 saturated carbocycles. The quantitative estimate of drug-likeness (QED) is 0.831. The van der Waals surface area contributed by atoms with Crippen LogP contribution in [0.4, 0.5) is 8.78 Å². The van der Waals surface area contributed by atoms with Gasteiger partial charge in [-0.2, -0.15) is 8.78 Å². The second-order valence-corrected chi connectivity index (χ2v) is 4.50. The number of hydrogen-bond donors (Lipinski definition) is 2. The molecule has 2 amide bonds. The van der Waals surface area contributed by atoms with Crippen LogP contribution in [0.3, 0.4) is 0 Å². The fourth-order valence-corrected chi connectivity index (χ4v) is 2.20. The number of carbonyl (C=O) groups is 2. The highest BCUT2D eigenvalue weighted by molar-refractivity contribution is 5.99. The molecule has 1 unspecified atom stereocenters. The molecule has 21 heavy (non-hydrogen) atoms. The largest absolute Gasteiger partial charge is 0.434 e. The number of para-hydroxylation sites is 1. The molecule has 114 valence electrons. The molecule has 1 aromatic rings. The third-order valence-electron chi connectivity index (χ3n) is 3.17. The number of rotatable bonds is 4. The molecule has 1 aliphatic rings. The maximum absolute atomic E-state index is 12.5. The lowest BCUT2D eigenvalue weighted by Gasteiger charge is -2.34. The highest BCUT2D eigenvalue weighted by atomic mass is 19.3. The van der Waals surface area contributed by atoms with E-state index in [-0.39, 0.29) is 24.4 Å². The van der Waals surface area contributed by atoms with Gasteiger partial charge >= 0.3 is 6.61 Å². The van der Waals surface area contributed by atoms with Crippen molar-refractivity contribution in [2.45, 2.75) is 12.7 Å². The Hall–Kier alpha value is -2.22. The van der Waals surface area contributed by atoms with Crippen molar-refractivity contribution in [3.05, 3.63) is 29.8 Å². The first-order valence-corrected chi connectivity index (χ1v) is 6.35. The van der Waals surface area contributed by atoms with Crippen LogP contribution < -0.4 is 15.8 Å². The fraction of sp³-hybridized carbons (Fsp3) is 0.385. The monoisotopic (exact) mass is 299 g/mol. The first-order chi connectivity index (χ1) is 10.0. The lowest BCUT2D eigenvalue weighted by molar-refractivity contribution is -0.122. The maximum Gasteiger partial charge on any atom is 0.387 e. The Morgan fingerprint density at radius 2 is 2.10 bits per heavy atom. The van der Waals surface area contributed by atoms with Crippen molar-refractivity contribution in [2.75, 3.05) is 19.6 Å². The van der Waals surface area contributed by atoms with Gasteiger partial charge in [-0.25, -0.2) is 0 Å². The van der Waals surface area contributed by atoms with Gasteiger partial charge in [-0.15, -0.1) is 0 Å². The number of nitrogens with zero attached hydrogens (tertiary/aromatic N) is 1. The molecule has 1 saturated heterocycles. The normalized spacial score (nSPS) is 18.6. The number of nitrogens with one attached hydrogen (secondary N) is 1. The number of carbonyl (C=O) groups excluding carboxylic acids is 2. The van der Waals surface area contributed by atoms with Gasteiger partial charge in [-0.3, -0.25) is 9.59 Å². The van der Waals surface area contributed by atoms with Crippen LogP contribution in [0.1, 0.15) is 10.4 Å². The molecule has 1 aliphatic heterocycles. The van der Waals surface area contributed by atoms with Gasteiger partial charge in [0.1, 0.15) is 11.8 Å². The predicted molar refractivity (Wildman–Crippen MR) is 70.0 cm³/mol. The number of primary amides is 1. The third-order valence-corrected chi connectivity index (χ3v) is 3.17. The summed E-state index contributed by atoms with van der Waals surface area (Å²) in [4.78, 5) is 25.2. The van der Waals surface area contributed by atoms with Crippen LogP contribution in [-0.2, 0) is 4.79 Å². The van der Waals surface area contributed by atoms with Crippen molar-refractivity contribution in [1.29, 1.82) is 0 Å². The molecular weight excluding hydrogens is 284 g/mol. The zero-order chi connectivity index (χ0) is 15.4. The number of halogens is 2. The highest BCUT2D eigenvalue weighted by Crippen LogP contribution is 2.23. The van der Waals surface area contributed by atoms with Gasteiger partial charge in [0, 0.05) is 19.6 Å². The molecule has 0 bridgehead atoms. The second-order valence-electron chi connectivity index (χ2n) is 4.50. The van der Waals surface area contributed by atoms with Crippen molar-refractivity contribution < 1.29 is 23.1 Å². The van der Waals surface area contributed by atoms with E-state index in [1.807, 2.05) is 0 Å². The number of ether oxygens (including phenoxy) is 1. The van der Waals surface area contributed by atoms with Crippen molar-refractivity contribution in [3.8, 4) is 5.75 Å². The number of piperazine rings is 1. The first-order valence-electron chi connectivity index (χ1n) is 6.35. The first kappa shape index (κ1) is 15.2. The average Bonchev–Trinajstić information content (AvgIpc) is 2.46. The molecule has 0 aromatic heterocycles. The molecule has 1 atom stereocenters. The van der Waals surface area contributed by atoms with Gasteiger partial charge in [0.2, 0.25) is 5.91 Å². The summed E-state index contributed by atoms with van der Waals surface area (Å²) in [5.41, 5.74) is 5.25. The standard InChI is InChI=1S/C13H15F2N3O3/c14-13(15)21-10-4-2-1-3-8(10)12(20)18-6-5-17-7-9(18)11(16)19/h1-4,9,13,17H,5-7H2,(H2,16,19). The number of amides is 2. The molecule has 0 spiro atoms. The van der Waals surface area contributed by atoms with Crippen molar-refractivity contribution in [2.24, 2.45) is 5.73 Å². The van der Waals surface area contributed by atoms with E-state index in [9.17, 15) is 18.4 Å². The minimum absolute atomic E-state index is 0.0223. The van der Waals surface area contributed by atoms with Crippen LogP contribution in [-0.4, -0.2) is 49.0 Å². The van der Waals surface area contributed by atoms with E-state index in [0.717, 1.165) is 0 Å². The Morgan fingerprint density at radius 3 is 2.76 bits per heavy atom. The van der Waals surface area contributed by atoms with Crippen molar-refractivity contribution in [1.82, 2.24) is 10.2 Å². The Balaban J connectivity index is 2.28. The van der Waals surface area contributed by atoms with Crippen molar-refractivity contribution in [3.63, 3.8) is 0 Å². The maximum atomic E-state index is 12.5. The topological polar surface area (TPSA) is 84.7 Å². The molecule has 6 nitrogen and oxygen atoms in total. The van der Waals surface area contributed by atoms with E-state index in [4.69, 9.17) is 5.73 Å². The summed E-state index contributed by atoms with van der Waals surface area (Å²) in [5.74, 6) is -1.43. The van der Waals surface area contributed by atoms with Crippen LogP contribution in [0.2, 0.25) is 0 Å². The summed E-state index contributed by atoms with van der Waals surface area (Å²) >= 11 is 0. The van der Waals surface area contributed by atoms with Crippen LogP contribution in [0, 0.1) is 0 Å². The zero-order valence-electron chi connectivity index (χ0n) is 11.1. The van der Waals surface area contributed by atoms with Gasteiger partial charge in [-0.05, 0) is 12.1 Å². The van der Waals surface area contributed by atoms with Crippen LogP contribution >= 0.6 is 0 Å². The third kappa shape index (κ3) is 3.46. The van der Waals surface area contributed by atoms with E-state index in [2.05, 4.69) is 10.1 Å². The van der Waals surface area contributed by atoms with E-state index in [1.165, 1.54) is 29.2 Å². The summed E-state index contributed by atoms with van der Waals surface area (Å²) in [5, 5.41) is 2.95. The molecule has 2 rings (SSSR count). The fourth-order valence-electron chi connectivity index (χ4n) is 2.20. The van der Waals surface area contributed by atoms with Gasteiger partial charge in [0.15, 0.2) is 0 Å². The van der Waals surface area contributed by atoms with Gasteiger partial charge in [0.05, 0.1) is 5.56 Å². The Kier molecular flexibility index (Phi) is 4.69. The molecule has 0 radical (unpaired) electrons. The Morgan fingerprint density at radius 1 is 1.38 bits per heavy atom. The number of alkyl halides is 2. The minimum Gasteiger partial charge on any atom is -0.434 e. The molecule has 3 N–H and O–H groups in total. The van der Waals surface area contributed by atoms with E-state index < -0.39 is 24.5 Å². The van der Waals surface area contributed by atoms with Crippen LogP contribution in [0.15, 0.2) is 24.3 Å². The molecule has 0 aliphatic carbocycles. The van der Waals surface area contributed by atoms with Gasteiger partial charge < -0.3 is 20.7 Å². The molecule has 1 aromatic carbocycles. The number of benzene rings is 1. The number of nitrogens with two attached hydrogens (primary N) is 1.